The third kappa shape index (κ3) is 5.09. The fourth-order valence-electron chi connectivity index (χ4n) is 1.57. The van der Waals surface area contributed by atoms with Crippen molar-refractivity contribution in [3.63, 3.8) is 0 Å². The summed E-state index contributed by atoms with van der Waals surface area (Å²) in [7, 11) is 0. The Balaban J connectivity index is 2.58. The Bertz CT molecular complexity index is 382. The summed E-state index contributed by atoms with van der Waals surface area (Å²) in [5.74, 6) is 0.679. The van der Waals surface area contributed by atoms with Gasteiger partial charge in [-0.1, -0.05) is 22.9 Å². The van der Waals surface area contributed by atoms with Gasteiger partial charge in [0.1, 0.15) is 0 Å². The van der Waals surface area contributed by atoms with Gasteiger partial charge in [0.05, 0.1) is 0 Å². The molecule has 1 aromatic rings. The first kappa shape index (κ1) is 14.5. The van der Waals surface area contributed by atoms with Crippen molar-refractivity contribution in [2.75, 3.05) is 11.2 Å². The predicted octanol–water partition coefficient (Wildman–Crippen LogP) is 4.36. The standard InChI is InChI=1S/C13H17BrClNO/c1-2-10-9-11(14)6-7-12(10)16-13(17)5-3-4-8-15/h6-7,9H,2-5,8H2,1H3,(H,16,17). The molecule has 0 aromatic heterocycles. The lowest BCUT2D eigenvalue weighted by atomic mass is 10.1. The van der Waals surface area contributed by atoms with Crippen molar-refractivity contribution in [2.45, 2.75) is 32.6 Å². The number of hydrogen-bond acceptors (Lipinski definition) is 1. The highest BCUT2D eigenvalue weighted by molar-refractivity contribution is 9.10. The quantitative estimate of drug-likeness (QED) is 0.613. The average molecular weight is 319 g/mol. The number of rotatable bonds is 6. The summed E-state index contributed by atoms with van der Waals surface area (Å²) < 4.78 is 1.04. The lowest BCUT2D eigenvalue weighted by molar-refractivity contribution is -0.116. The largest absolute Gasteiger partial charge is 0.326 e. The van der Waals surface area contributed by atoms with Gasteiger partial charge in [0.2, 0.25) is 5.91 Å². The molecule has 0 saturated heterocycles. The topological polar surface area (TPSA) is 29.1 Å². The van der Waals surface area contributed by atoms with E-state index in [1.165, 1.54) is 0 Å². The molecule has 0 spiro atoms. The van der Waals surface area contributed by atoms with Crippen LogP contribution in [0.1, 0.15) is 31.7 Å². The SMILES string of the molecule is CCc1cc(Br)ccc1NC(=O)CCCCCl. The fourth-order valence-corrected chi connectivity index (χ4v) is 2.17. The van der Waals surface area contributed by atoms with Gasteiger partial charge in [-0.25, -0.2) is 0 Å². The number of anilines is 1. The van der Waals surface area contributed by atoms with E-state index in [1.54, 1.807) is 0 Å². The molecule has 1 rings (SSSR count). The van der Waals surface area contributed by atoms with E-state index in [0.717, 1.165) is 35.0 Å². The molecule has 1 amide bonds. The van der Waals surface area contributed by atoms with Crippen LogP contribution in [0.3, 0.4) is 0 Å². The zero-order chi connectivity index (χ0) is 12.7. The van der Waals surface area contributed by atoms with E-state index >= 15 is 0 Å². The molecule has 0 unspecified atom stereocenters. The first-order chi connectivity index (χ1) is 8.17. The fraction of sp³-hybridized carbons (Fsp3) is 0.462. The summed E-state index contributed by atoms with van der Waals surface area (Å²) in [4.78, 5) is 11.7. The van der Waals surface area contributed by atoms with Gasteiger partial charge in [-0.05, 0) is 43.0 Å². The Morgan fingerprint density at radius 1 is 1.41 bits per heavy atom. The van der Waals surface area contributed by atoms with Crippen LogP contribution in [-0.4, -0.2) is 11.8 Å². The number of benzene rings is 1. The van der Waals surface area contributed by atoms with Crippen LogP contribution in [-0.2, 0) is 11.2 Å². The number of carbonyl (C=O) groups excluding carboxylic acids is 1. The van der Waals surface area contributed by atoms with Crippen molar-refractivity contribution in [2.24, 2.45) is 0 Å². The van der Waals surface area contributed by atoms with E-state index in [9.17, 15) is 4.79 Å². The first-order valence-electron chi connectivity index (χ1n) is 5.81. The maximum Gasteiger partial charge on any atom is 0.224 e. The summed E-state index contributed by atoms with van der Waals surface area (Å²) in [6.07, 6.45) is 3.16. The number of hydrogen-bond donors (Lipinski definition) is 1. The highest BCUT2D eigenvalue weighted by atomic mass is 79.9. The van der Waals surface area contributed by atoms with Crippen molar-refractivity contribution >= 4 is 39.1 Å². The lowest BCUT2D eigenvalue weighted by Gasteiger charge is -2.10. The zero-order valence-electron chi connectivity index (χ0n) is 9.93. The van der Waals surface area contributed by atoms with Crippen molar-refractivity contribution < 1.29 is 4.79 Å². The van der Waals surface area contributed by atoms with Crippen LogP contribution in [0, 0.1) is 0 Å². The first-order valence-corrected chi connectivity index (χ1v) is 7.14. The van der Waals surface area contributed by atoms with Crippen LogP contribution < -0.4 is 5.32 Å². The molecular formula is C13H17BrClNO. The molecule has 94 valence electrons. The maximum atomic E-state index is 11.7. The van der Waals surface area contributed by atoms with Crippen molar-refractivity contribution in [3.05, 3.63) is 28.2 Å². The Labute approximate surface area is 116 Å². The van der Waals surface area contributed by atoms with Gasteiger partial charge in [-0.2, -0.15) is 0 Å². The number of halogens is 2. The molecule has 17 heavy (non-hydrogen) atoms. The van der Waals surface area contributed by atoms with Gasteiger partial charge in [-0.3, -0.25) is 4.79 Å². The second-order valence-corrected chi connectivity index (χ2v) is 5.14. The molecule has 0 aliphatic carbocycles. The van der Waals surface area contributed by atoms with Crippen LogP contribution in [0.25, 0.3) is 0 Å². The number of amides is 1. The Hall–Kier alpha value is -0.540. The molecule has 1 N–H and O–H groups in total. The summed E-state index contributed by atoms with van der Waals surface area (Å²) in [5.41, 5.74) is 2.05. The van der Waals surface area contributed by atoms with E-state index < -0.39 is 0 Å². The Kier molecular flexibility index (Phi) is 6.60. The summed E-state index contributed by atoms with van der Waals surface area (Å²) in [6.45, 7) is 2.07. The summed E-state index contributed by atoms with van der Waals surface area (Å²) in [5, 5.41) is 2.94. The van der Waals surface area contributed by atoms with E-state index in [-0.39, 0.29) is 5.91 Å². The second kappa shape index (κ2) is 7.72. The van der Waals surface area contributed by atoms with Gasteiger partial charge in [-0.15, -0.1) is 11.6 Å². The van der Waals surface area contributed by atoms with Crippen LogP contribution in [0.5, 0.6) is 0 Å². The third-order valence-electron chi connectivity index (χ3n) is 2.51. The molecular weight excluding hydrogens is 302 g/mol. The van der Waals surface area contributed by atoms with E-state index in [2.05, 4.69) is 28.2 Å². The van der Waals surface area contributed by atoms with Crippen LogP contribution in [0.2, 0.25) is 0 Å². The minimum absolute atomic E-state index is 0.0622. The van der Waals surface area contributed by atoms with Gasteiger partial charge in [0, 0.05) is 22.5 Å². The molecule has 0 radical (unpaired) electrons. The minimum Gasteiger partial charge on any atom is -0.326 e. The van der Waals surface area contributed by atoms with Gasteiger partial charge in [0.15, 0.2) is 0 Å². The van der Waals surface area contributed by atoms with E-state index in [0.29, 0.717) is 12.3 Å². The average Bonchev–Trinajstić information content (AvgIpc) is 2.32. The molecule has 0 fully saturated rings. The lowest BCUT2D eigenvalue weighted by Crippen LogP contribution is -2.12. The molecule has 0 bridgehead atoms. The number of aryl methyl sites for hydroxylation is 1. The maximum absolute atomic E-state index is 11.7. The van der Waals surface area contributed by atoms with Crippen molar-refractivity contribution in [1.82, 2.24) is 0 Å². The van der Waals surface area contributed by atoms with Crippen molar-refractivity contribution in [1.29, 1.82) is 0 Å². The molecule has 0 saturated carbocycles. The van der Waals surface area contributed by atoms with E-state index in [1.807, 2.05) is 18.2 Å². The molecule has 4 heteroatoms. The van der Waals surface area contributed by atoms with Crippen LogP contribution in [0.15, 0.2) is 22.7 Å². The highest BCUT2D eigenvalue weighted by Gasteiger charge is 2.06. The Morgan fingerprint density at radius 2 is 2.18 bits per heavy atom. The zero-order valence-corrected chi connectivity index (χ0v) is 12.3. The summed E-state index contributed by atoms with van der Waals surface area (Å²) >= 11 is 9.00. The Morgan fingerprint density at radius 3 is 2.82 bits per heavy atom. The van der Waals surface area contributed by atoms with Crippen molar-refractivity contribution in [3.8, 4) is 0 Å². The minimum atomic E-state index is 0.0622. The van der Waals surface area contributed by atoms with Crippen LogP contribution >= 0.6 is 27.5 Å². The molecule has 2 nitrogen and oxygen atoms in total. The highest BCUT2D eigenvalue weighted by Crippen LogP contribution is 2.21. The van der Waals surface area contributed by atoms with Crippen LogP contribution in [0.4, 0.5) is 5.69 Å². The monoisotopic (exact) mass is 317 g/mol. The smallest absolute Gasteiger partial charge is 0.224 e. The predicted molar refractivity (Wildman–Crippen MR) is 76.7 cm³/mol. The summed E-state index contributed by atoms with van der Waals surface area (Å²) in [6, 6.07) is 5.91. The third-order valence-corrected chi connectivity index (χ3v) is 3.27. The number of nitrogens with one attached hydrogen (secondary N) is 1. The normalized spacial score (nSPS) is 10.3. The van der Waals surface area contributed by atoms with E-state index in [4.69, 9.17) is 11.6 Å². The molecule has 0 heterocycles. The molecule has 1 aromatic carbocycles. The number of unbranched alkanes of at least 4 members (excludes halogenated alkanes) is 1. The van der Waals surface area contributed by atoms with Gasteiger partial charge < -0.3 is 5.32 Å². The molecule has 0 atom stereocenters. The molecule has 0 aliphatic rings. The second-order valence-electron chi connectivity index (χ2n) is 3.85. The molecule has 0 aliphatic heterocycles. The van der Waals surface area contributed by atoms with Gasteiger partial charge in [0.25, 0.3) is 0 Å². The number of alkyl halides is 1. The van der Waals surface area contributed by atoms with Gasteiger partial charge >= 0.3 is 0 Å². The number of carbonyl (C=O) groups is 1.